The molecule has 3 N–H and O–H groups in total. The Labute approximate surface area is 129 Å². The summed E-state index contributed by atoms with van der Waals surface area (Å²) in [4.78, 5) is 33.4. The van der Waals surface area contributed by atoms with Crippen molar-refractivity contribution in [2.45, 2.75) is 25.5 Å². The number of carbonyl (C=O) groups excluding carboxylic acids is 2. The Morgan fingerprint density at radius 3 is 2.50 bits per heavy atom. The van der Waals surface area contributed by atoms with Crippen molar-refractivity contribution in [3.8, 4) is 0 Å². The highest BCUT2D eigenvalue weighted by molar-refractivity contribution is 6.57. The maximum absolute atomic E-state index is 11.6. The van der Waals surface area contributed by atoms with E-state index in [4.69, 9.17) is 9.84 Å². The van der Waals surface area contributed by atoms with Crippen molar-refractivity contribution in [2.24, 2.45) is 0 Å². The first-order valence-electron chi connectivity index (χ1n) is 6.93. The molecule has 1 rings (SSSR count). The number of carboxylic acids is 1. The second-order valence-electron chi connectivity index (χ2n) is 4.72. The molecule has 0 aliphatic carbocycles. The molecule has 0 fully saturated rings. The van der Waals surface area contributed by atoms with Crippen LogP contribution in [-0.2, 0) is 16.1 Å². The normalized spacial score (nSPS) is 11.3. The van der Waals surface area contributed by atoms with Crippen molar-refractivity contribution in [3.05, 3.63) is 35.9 Å². The number of ether oxygens (including phenoxy) is 1. The van der Waals surface area contributed by atoms with Gasteiger partial charge in [0.2, 0.25) is 7.85 Å². The summed E-state index contributed by atoms with van der Waals surface area (Å²) < 4.78 is 4.97. The topological polar surface area (TPSA) is 105 Å². The van der Waals surface area contributed by atoms with Gasteiger partial charge in [-0.1, -0.05) is 30.3 Å². The van der Waals surface area contributed by atoms with Gasteiger partial charge in [-0.2, -0.15) is 0 Å². The highest BCUT2D eigenvalue weighted by atomic mass is 16.5. The number of aliphatic carboxylic acids is 1. The molecule has 1 atom stereocenters. The van der Waals surface area contributed by atoms with Crippen LogP contribution in [0.1, 0.15) is 18.4 Å². The molecule has 0 aromatic heterocycles. The van der Waals surface area contributed by atoms with Crippen LogP contribution >= 0.6 is 0 Å². The summed E-state index contributed by atoms with van der Waals surface area (Å²) >= 11 is 0. The molecule has 2 amide bonds. The molecule has 0 heterocycles. The van der Waals surface area contributed by atoms with E-state index >= 15 is 0 Å². The molecule has 8 heteroatoms. The third kappa shape index (κ3) is 7.32. The highest BCUT2D eigenvalue weighted by Crippen LogP contribution is 2.02. The number of benzene rings is 1. The molecular weight excluding hydrogens is 287 g/mol. The molecule has 0 saturated heterocycles. The average molecular weight is 306 g/mol. The lowest BCUT2D eigenvalue weighted by Gasteiger charge is -2.14. The van der Waals surface area contributed by atoms with E-state index in [1.807, 2.05) is 18.2 Å². The fourth-order valence-corrected chi connectivity index (χ4v) is 1.74. The number of rotatable bonds is 8. The first kappa shape index (κ1) is 17.5. The molecular formula is C14H19BN2O5. The maximum Gasteiger partial charge on any atom is 0.408 e. The Morgan fingerprint density at radius 1 is 1.23 bits per heavy atom. The average Bonchev–Trinajstić information content (AvgIpc) is 2.48. The molecule has 0 aliphatic heterocycles. The second-order valence-corrected chi connectivity index (χ2v) is 4.72. The van der Waals surface area contributed by atoms with Crippen molar-refractivity contribution in [2.75, 3.05) is 6.54 Å². The Kier molecular flexibility index (Phi) is 7.52. The van der Waals surface area contributed by atoms with E-state index in [9.17, 15) is 14.4 Å². The van der Waals surface area contributed by atoms with Crippen LogP contribution in [0.4, 0.5) is 9.59 Å². The summed E-state index contributed by atoms with van der Waals surface area (Å²) in [5, 5.41) is 13.9. The number of carbonyl (C=O) groups is 3. The van der Waals surface area contributed by atoms with E-state index in [1.165, 1.54) is 7.85 Å². The van der Waals surface area contributed by atoms with Crippen molar-refractivity contribution in [1.29, 1.82) is 0 Å². The number of amides is 2. The zero-order valence-corrected chi connectivity index (χ0v) is 12.4. The summed E-state index contributed by atoms with van der Waals surface area (Å²) in [6, 6.07) is 8.04. The van der Waals surface area contributed by atoms with Gasteiger partial charge in [0.1, 0.15) is 12.6 Å². The van der Waals surface area contributed by atoms with Gasteiger partial charge in [0.05, 0.1) is 0 Å². The number of alkyl carbamates (subject to hydrolysis) is 1. The number of nitrogens with one attached hydrogen (secondary N) is 2. The molecule has 1 aromatic carbocycles. The van der Waals surface area contributed by atoms with Crippen molar-refractivity contribution >= 4 is 25.7 Å². The molecule has 22 heavy (non-hydrogen) atoms. The quantitative estimate of drug-likeness (QED) is 0.479. The van der Waals surface area contributed by atoms with E-state index in [2.05, 4.69) is 10.6 Å². The molecule has 0 unspecified atom stereocenters. The van der Waals surface area contributed by atoms with Gasteiger partial charge in [0.25, 0.3) is 0 Å². The van der Waals surface area contributed by atoms with Crippen LogP contribution in [0.5, 0.6) is 0 Å². The van der Waals surface area contributed by atoms with E-state index in [0.29, 0.717) is 13.0 Å². The molecule has 0 saturated carbocycles. The molecule has 118 valence electrons. The third-order valence-corrected chi connectivity index (χ3v) is 2.85. The second kappa shape index (κ2) is 9.43. The van der Waals surface area contributed by atoms with Crippen molar-refractivity contribution in [3.63, 3.8) is 0 Å². The molecule has 1 aromatic rings. The minimum atomic E-state index is -1.14. The number of hydrogen-bond acceptors (Lipinski definition) is 4. The lowest BCUT2D eigenvalue weighted by atomic mass is 10.1. The van der Waals surface area contributed by atoms with Crippen molar-refractivity contribution < 1.29 is 24.2 Å². The monoisotopic (exact) mass is 306 g/mol. The first-order valence-corrected chi connectivity index (χ1v) is 6.93. The molecule has 0 spiro atoms. The lowest BCUT2D eigenvalue weighted by molar-refractivity contribution is -0.139. The Balaban J connectivity index is 2.34. The number of carboxylic acid groups (broad SMARTS) is 1. The van der Waals surface area contributed by atoms with E-state index < -0.39 is 18.1 Å². The van der Waals surface area contributed by atoms with Gasteiger partial charge >= 0.3 is 12.1 Å². The number of hydrogen-bond donors (Lipinski definition) is 3. The largest absolute Gasteiger partial charge is 0.480 e. The standard InChI is InChI=1S/C14H19BN2O5/c15-13(20)16-8-4-7-11(12(18)19)17-14(21)22-9-10-5-2-1-3-6-10/h1-3,5-6,11H,4,7-9,15H2,(H,16,20)(H,17,21)(H,18,19)/t11-/m0/s1. The molecule has 0 aliphatic rings. The lowest BCUT2D eigenvalue weighted by Crippen LogP contribution is -2.41. The SMILES string of the molecule is BC(=O)NCCC[C@H](NC(=O)OCc1ccccc1)C(=O)O. The summed E-state index contributed by atoms with van der Waals surface area (Å²) in [5.41, 5.74) is 0.815. The smallest absolute Gasteiger partial charge is 0.408 e. The molecule has 0 radical (unpaired) electrons. The van der Waals surface area contributed by atoms with Crippen LogP contribution in [0.15, 0.2) is 30.3 Å². The van der Waals surface area contributed by atoms with Crippen LogP contribution in [0.25, 0.3) is 0 Å². The van der Waals surface area contributed by atoms with Crippen LogP contribution < -0.4 is 10.6 Å². The highest BCUT2D eigenvalue weighted by Gasteiger charge is 2.20. The Bertz CT molecular complexity index is 509. The Hall–Kier alpha value is -2.51. The van der Waals surface area contributed by atoms with Gasteiger partial charge in [0, 0.05) is 6.54 Å². The van der Waals surface area contributed by atoms with Gasteiger partial charge in [-0.25, -0.2) is 9.59 Å². The predicted molar refractivity (Wildman–Crippen MR) is 82.4 cm³/mol. The van der Waals surface area contributed by atoms with Gasteiger partial charge in [-0.05, 0) is 18.4 Å². The van der Waals surface area contributed by atoms with Crippen LogP contribution in [0, 0.1) is 0 Å². The summed E-state index contributed by atoms with van der Waals surface area (Å²) in [5.74, 6) is -1.32. The van der Waals surface area contributed by atoms with E-state index in [0.717, 1.165) is 5.56 Å². The van der Waals surface area contributed by atoms with Crippen LogP contribution in [-0.4, -0.2) is 43.4 Å². The van der Waals surface area contributed by atoms with Gasteiger partial charge < -0.3 is 20.5 Å². The maximum atomic E-state index is 11.6. The Morgan fingerprint density at radius 2 is 1.91 bits per heavy atom. The molecule has 7 nitrogen and oxygen atoms in total. The van der Waals surface area contributed by atoms with E-state index in [-0.39, 0.29) is 18.8 Å². The van der Waals surface area contributed by atoms with Crippen molar-refractivity contribution in [1.82, 2.24) is 10.6 Å². The van der Waals surface area contributed by atoms with E-state index in [1.54, 1.807) is 12.1 Å². The first-order chi connectivity index (χ1) is 10.5. The predicted octanol–water partition coefficient (Wildman–Crippen LogP) is 0.489. The summed E-state index contributed by atoms with van der Waals surface area (Å²) in [6.07, 6.45) is -0.137. The minimum Gasteiger partial charge on any atom is -0.480 e. The fourth-order valence-electron chi connectivity index (χ4n) is 1.74. The van der Waals surface area contributed by atoms with Gasteiger partial charge in [-0.15, -0.1) is 0 Å². The van der Waals surface area contributed by atoms with Gasteiger partial charge in [-0.3, -0.25) is 4.79 Å². The fraction of sp³-hybridized carbons (Fsp3) is 0.357. The molecule has 0 bridgehead atoms. The zero-order valence-electron chi connectivity index (χ0n) is 12.4. The van der Waals surface area contributed by atoms with Gasteiger partial charge in [0.15, 0.2) is 5.81 Å². The van der Waals surface area contributed by atoms with Crippen LogP contribution in [0.3, 0.4) is 0 Å². The summed E-state index contributed by atoms with van der Waals surface area (Å²) in [7, 11) is 1.38. The zero-order chi connectivity index (χ0) is 16.4. The summed E-state index contributed by atoms with van der Waals surface area (Å²) in [6.45, 7) is 0.435. The third-order valence-electron chi connectivity index (χ3n) is 2.85. The van der Waals surface area contributed by atoms with Crippen LogP contribution in [0.2, 0.25) is 0 Å². The minimum absolute atomic E-state index is 0.0743.